The molecule has 3 aromatic rings. The molecule has 1 N–H and O–H groups in total. The number of piperidine rings is 1. The number of likely N-dealkylation sites (tertiary alicyclic amines) is 1. The van der Waals surface area contributed by atoms with Gasteiger partial charge < -0.3 is 14.7 Å². The molecule has 1 aliphatic heterocycles. The van der Waals surface area contributed by atoms with E-state index in [9.17, 15) is 18.8 Å². The largest absolute Gasteiger partial charge is 0.494 e. The summed E-state index contributed by atoms with van der Waals surface area (Å²) >= 11 is 4.61. The molecular weight excluding hydrogens is 493 g/mol. The van der Waals surface area contributed by atoms with Crippen molar-refractivity contribution in [1.82, 2.24) is 14.0 Å². The first-order valence-corrected chi connectivity index (χ1v) is 11.2. The molecule has 0 atom stereocenters. The number of carbonyl (C=O) groups is 1. The topological polar surface area (TPSA) is 93.8 Å². The number of benzene rings is 1. The van der Waals surface area contributed by atoms with Crippen molar-refractivity contribution in [2.45, 2.75) is 25.4 Å². The van der Waals surface area contributed by atoms with Crippen LogP contribution in [0.3, 0.4) is 0 Å². The normalized spacial score (nSPS) is 14.9. The number of halogens is 2. The minimum Gasteiger partial charge on any atom is -0.494 e. The van der Waals surface area contributed by atoms with Gasteiger partial charge in [-0.3, -0.25) is 13.9 Å². The van der Waals surface area contributed by atoms with Gasteiger partial charge in [0.2, 0.25) is 0 Å². The van der Waals surface area contributed by atoms with Crippen molar-refractivity contribution in [3.63, 3.8) is 0 Å². The van der Waals surface area contributed by atoms with Crippen LogP contribution >= 0.6 is 27.3 Å². The highest BCUT2D eigenvalue weighted by Crippen LogP contribution is 2.29. The Bertz CT molecular complexity index is 1280. The fraction of sp³-hybridized carbons (Fsp3) is 0.350. The summed E-state index contributed by atoms with van der Waals surface area (Å²) in [6, 6.07) is 5.77. The summed E-state index contributed by atoms with van der Waals surface area (Å²) in [6.07, 6.45) is -0.268. The van der Waals surface area contributed by atoms with Crippen LogP contribution in [0.5, 0.6) is 5.75 Å². The van der Waals surface area contributed by atoms with Gasteiger partial charge in [-0.25, -0.2) is 14.0 Å². The molecule has 8 nitrogen and oxygen atoms in total. The van der Waals surface area contributed by atoms with E-state index in [1.807, 2.05) is 0 Å². The van der Waals surface area contributed by atoms with Crippen LogP contribution in [-0.2, 0) is 6.54 Å². The maximum absolute atomic E-state index is 14.2. The molecule has 0 aliphatic carbocycles. The van der Waals surface area contributed by atoms with Crippen molar-refractivity contribution in [3.8, 4) is 5.75 Å². The van der Waals surface area contributed by atoms with Crippen molar-refractivity contribution in [2.24, 2.45) is 0 Å². The van der Waals surface area contributed by atoms with E-state index in [0.29, 0.717) is 32.4 Å². The van der Waals surface area contributed by atoms with Crippen LogP contribution in [-0.4, -0.2) is 45.4 Å². The third kappa shape index (κ3) is 3.99. The standard InChI is InChI=1S/C20H19BrFN3O5S/c1-30-15-3-2-11(8-13(15)22)10-24-14-9-16(21)31-17(14)18(26)25(19(24)27)12-4-6-23(7-5-12)20(28)29/h2-3,8-9,12H,4-7,10H2,1H3,(H,28,29). The van der Waals surface area contributed by atoms with E-state index in [2.05, 4.69) is 15.9 Å². The summed E-state index contributed by atoms with van der Waals surface area (Å²) in [5.74, 6) is -0.431. The first-order chi connectivity index (χ1) is 14.8. The van der Waals surface area contributed by atoms with Gasteiger partial charge in [-0.05, 0) is 52.5 Å². The quantitative estimate of drug-likeness (QED) is 0.578. The Balaban J connectivity index is 1.80. The van der Waals surface area contributed by atoms with Gasteiger partial charge in [-0.2, -0.15) is 0 Å². The van der Waals surface area contributed by atoms with E-state index in [1.54, 1.807) is 12.1 Å². The molecule has 1 saturated heterocycles. The van der Waals surface area contributed by atoms with Gasteiger partial charge in [0.15, 0.2) is 11.6 Å². The van der Waals surface area contributed by atoms with Gasteiger partial charge in [-0.15, -0.1) is 11.3 Å². The fourth-order valence-corrected chi connectivity index (χ4v) is 5.44. The van der Waals surface area contributed by atoms with Gasteiger partial charge >= 0.3 is 11.8 Å². The average molecular weight is 512 g/mol. The van der Waals surface area contributed by atoms with Crippen LogP contribution in [0, 0.1) is 5.82 Å². The molecule has 0 saturated carbocycles. The van der Waals surface area contributed by atoms with E-state index in [1.165, 1.54) is 44.6 Å². The Morgan fingerprint density at radius 3 is 2.61 bits per heavy atom. The molecule has 0 radical (unpaired) electrons. The zero-order valence-corrected chi connectivity index (χ0v) is 18.9. The number of ether oxygens (including phenoxy) is 1. The number of hydrogen-bond acceptors (Lipinski definition) is 5. The number of thiophene rings is 1. The molecule has 4 rings (SSSR count). The van der Waals surface area contributed by atoms with Crippen molar-refractivity contribution in [1.29, 1.82) is 0 Å². The minimum atomic E-state index is -1.01. The highest BCUT2D eigenvalue weighted by atomic mass is 79.9. The summed E-state index contributed by atoms with van der Waals surface area (Å²) in [7, 11) is 1.38. The lowest BCUT2D eigenvalue weighted by atomic mass is 10.1. The van der Waals surface area contributed by atoms with Crippen LogP contribution in [0.1, 0.15) is 24.4 Å². The highest BCUT2D eigenvalue weighted by Gasteiger charge is 2.27. The van der Waals surface area contributed by atoms with Gasteiger partial charge in [-0.1, -0.05) is 6.07 Å². The molecule has 164 valence electrons. The van der Waals surface area contributed by atoms with Crippen molar-refractivity contribution in [2.75, 3.05) is 20.2 Å². The number of hydrogen-bond donors (Lipinski definition) is 1. The van der Waals surface area contributed by atoms with Gasteiger partial charge in [0.25, 0.3) is 5.56 Å². The third-order valence-corrected chi connectivity index (χ3v) is 7.10. The lowest BCUT2D eigenvalue weighted by molar-refractivity contribution is 0.124. The third-order valence-electron chi connectivity index (χ3n) is 5.48. The summed E-state index contributed by atoms with van der Waals surface area (Å²) in [4.78, 5) is 39.0. The molecular formula is C20H19BrFN3O5S. The first-order valence-electron chi connectivity index (χ1n) is 9.54. The van der Waals surface area contributed by atoms with Gasteiger partial charge in [0.1, 0.15) is 4.70 Å². The lowest BCUT2D eigenvalue weighted by Crippen LogP contribution is -2.46. The van der Waals surface area contributed by atoms with E-state index in [0.717, 1.165) is 0 Å². The van der Waals surface area contributed by atoms with E-state index in [4.69, 9.17) is 9.84 Å². The smallest absolute Gasteiger partial charge is 0.407 e. The Morgan fingerprint density at radius 2 is 2.00 bits per heavy atom. The zero-order valence-electron chi connectivity index (χ0n) is 16.5. The van der Waals surface area contributed by atoms with E-state index < -0.39 is 23.6 Å². The number of amides is 1. The number of carboxylic acid groups (broad SMARTS) is 1. The zero-order chi connectivity index (χ0) is 22.3. The summed E-state index contributed by atoms with van der Waals surface area (Å²) < 4.78 is 22.9. The molecule has 0 bridgehead atoms. The second-order valence-corrected chi connectivity index (χ2v) is 9.71. The van der Waals surface area contributed by atoms with Crippen molar-refractivity contribution >= 4 is 43.6 Å². The SMILES string of the molecule is COc1ccc(Cn2c(=O)n(C3CCN(C(=O)O)CC3)c(=O)c3sc(Br)cc32)cc1F. The Morgan fingerprint density at radius 1 is 1.29 bits per heavy atom. The van der Waals surface area contributed by atoms with Crippen molar-refractivity contribution in [3.05, 3.63) is 60.3 Å². The maximum atomic E-state index is 14.2. The second kappa shape index (κ2) is 8.46. The minimum absolute atomic E-state index is 0.0771. The molecule has 3 heterocycles. The average Bonchev–Trinajstić information content (AvgIpc) is 3.13. The molecule has 2 aromatic heterocycles. The number of methoxy groups -OCH3 is 1. The summed E-state index contributed by atoms with van der Waals surface area (Å²) in [5.41, 5.74) is 0.145. The number of fused-ring (bicyclic) bond motifs is 1. The molecule has 1 fully saturated rings. The van der Waals surface area contributed by atoms with Gasteiger partial charge in [0.05, 0.1) is 23.0 Å². The Hall–Kier alpha value is -2.66. The molecule has 1 amide bonds. The van der Waals surface area contributed by atoms with Crippen molar-refractivity contribution < 1.29 is 19.0 Å². The molecule has 1 aromatic carbocycles. The maximum Gasteiger partial charge on any atom is 0.407 e. The molecule has 31 heavy (non-hydrogen) atoms. The summed E-state index contributed by atoms with van der Waals surface area (Å²) in [5, 5.41) is 9.16. The van der Waals surface area contributed by atoms with Crippen LogP contribution < -0.4 is 16.0 Å². The molecule has 0 unspecified atom stereocenters. The predicted octanol–water partition coefficient (Wildman–Crippen LogP) is 3.50. The monoisotopic (exact) mass is 511 g/mol. The molecule has 1 aliphatic rings. The number of aromatic nitrogens is 2. The van der Waals surface area contributed by atoms with Crippen LogP contribution in [0.4, 0.5) is 9.18 Å². The summed E-state index contributed by atoms with van der Waals surface area (Å²) in [6.45, 7) is 0.581. The Kier molecular flexibility index (Phi) is 5.89. The first kappa shape index (κ1) is 21.6. The number of rotatable bonds is 4. The van der Waals surface area contributed by atoms with E-state index in [-0.39, 0.29) is 30.9 Å². The van der Waals surface area contributed by atoms with Gasteiger partial charge in [0, 0.05) is 19.1 Å². The highest BCUT2D eigenvalue weighted by molar-refractivity contribution is 9.11. The second-order valence-electron chi connectivity index (χ2n) is 7.28. The molecule has 11 heteroatoms. The number of nitrogens with zero attached hydrogens (tertiary/aromatic N) is 3. The fourth-order valence-electron chi connectivity index (χ4n) is 3.92. The Labute approximate surface area is 188 Å². The predicted molar refractivity (Wildman–Crippen MR) is 118 cm³/mol. The van der Waals surface area contributed by atoms with Crippen LogP contribution in [0.15, 0.2) is 37.6 Å². The van der Waals surface area contributed by atoms with Crippen LogP contribution in [0.2, 0.25) is 0 Å². The molecule has 0 spiro atoms. The van der Waals surface area contributed by atoms with E-state index >= 15 is 0 Å². The lowest BCUT2D eigenvalue weighted by Gasteiger charge is -2.30. The van der Waals surface area contributed by atoms with Crippen LogP contribution in [0.25, 0.3) is 10.2 Å².